The molecule has 3 amide bonds. The number of hydrogen-bond acceptors (Lipinski definition) is 9. The average molecular weight is 594 g/mol. The van der Waals surface area contributed by atoms with Crippen LogP contribution in [0.5, 0.6) is 5.75 Å². The van der Waals surface area contributed by atoms with Crippen molar-refractivity contribution < 1.29 is 39.3 Å². The van der Waals surface area contributed by atoms with E-state index in [1.165, 1.54) is 12.1 Å². The van der Waals surface area contributed by atoms with Gasteiger partial charge in [0.15, 0.2) is 11.7 Å². The van der Waals surface area contributed by atoms with Crippen LogP contribution in [-0.2, 0) is 30.4 Å². The molecule has 42 heavy (non-hydrogen) atoms. The largest absolute Gasteiger partial charge is 0.508 e. The fraction of sp³-hybridized carbons (Fsp3) is 0.556. The summed E-state index contributed by atoms with van der Waals surface area (Å²) in [6.07, 6.45) is 0.522. The number of nitrogens with two attached hydrogens (primary N) is 3. The number of carbonyl (C=O) groups excluding carboxylic acids is 4. The number of aliphatic hydroxyl groups is 1. The fourth-order valence-corrected chi connectivity index (χ4v) is 4.07. The number of benzene rings is 1. The van der Waals surface area contributed by atoms with Crippen molar-refractivity contribution >= 4 is 35.4 Å². The number of phenols is 1. The smallest absolute Gasteiger partial charge is 0.326 e. The van der Waals surface area contributed by atoms with Gasteiger partial charge in [-0.15, -0.1) is 0 Å². The van der Waals surface area contributed by atoms with E-state index in [2.05, 4.69) is 20.9 Å². The van der Waals surface area contributed by atoms with Crippen molar-refractivity contribution in [3.05, 3.63) is 29.8 Å². The van der Waals surface area contributed by atoms with E-state index in [-0.39, 0.29) is 56.4 Å². The molecule has 0 fully saturated rings. The summed E-state index contributed by atoms with van der Waals surface area (Å²) in [6, 6.07) is 2.25. The summed E-state index contributed by atoms with van der Waals surface area (Å²) < 4.78 is 0. The van der Waals surface area contributed by atoms with Crippen molar-refractivity contribution in [2.45, 2.75) is 64.1 Å². The first-order chi connectivity index (χ1) is 19.8. The molecule has 0 heterocycles. The van der Waals surface area contributed by atoms with Crippen molar-refractivity contribution in [2.24, 2.45) is 34.0 Å². The first-order valence-electron chi connectivity index (χ1n) is 13.6. The van der Waals surface area contributed by atoms with Crippen LogP contribution in [0.15, 0.2) is 29.3 Å². The number of carboxylic acids is 1. The molecule has 0 aliphatic carbocycles. The molecule has 1 rings (SSSR count). The van der Waals surface area contributed by atoms with Gasteiger partial charge in [-0.3, -0.25) is 24.2 Å². The number of ketones is 1. The van der Waals surface area contributed by atoms with Crippen LogP contribution < -0.4 is 33.2 Å². The number of nitrogens with one attached hydrogen (secondary N) is 3. The average Bonchev–Trinajstić information content (AvgIpc) is 2.95. The Hall–Kier alpha value is -4.24. The van der Waals surface area contributed by atoms with E-state index in [1.807, 2.05) is 6.92 Å². The predicted molar refractivity (Wildman–Crippen MR) is 154 cm³/mol. The lowest BCUT2D eigenvalue weighted by atomic mass is 9.84. The molecule has 0 bridgehead atoms. The van der Waals surface area contributed by atoms with Gasteiger partial charge in [0.1, 0.15) is 17.8 Å². The minimum absolute atomic E-state index is 0.00904. The summed E-state index contributed by atoms with van der Waals surface area (Å²) in [6.45, 7) is 2.53. The van der Waals surface area contributed by atoms with Gasteiger partial charge in [-0.1, -0.05) is 32.4 Å². The van der Waals surface area contributed by atoms with E-state index in [1.54, 1.807) is 19.1 Å². The highest BCUT2D eigenvalue weighted by Gasteiger charge is 2.33. The molecule has 5 atom stereocenters. The van der Waals surface area contributed by atoms with Crippen molar-refractivity contribution in [1.82, 2.24) is 16.0 Å². The van der Waals surface area contributed by atoms with E-state index in [9.17, 15) is 39.3 Å². The molecule has 0 saturated carbocycles. The number of Topliss-reactive ketones (excluding diaryl/α,β-unsaturated/α-hetero) is 1. The Balaban J connectivity index is 3.02. The van der Waals surface area contributed by atoms with Gasteiger partial charge in [0.2, 0.25) is 17.7 Å². The van der Waals surface area contributed by atoms with Gasteiger partial charge in [-0.2, -0.15) is 0 Å². The summed E-state index contributed by atoms with van der Waals surface area (Å²) in [4.78, 5) is 66.9. The maximum absolute atomic E-state index is 13.4. The molecule has 0 radical (unpaired) electrons. The fourth-order valence-electron chi connectivity index (χ4n) is 4.07. The van der Waals surface area contributed by atoms with Gasteiger partial charge in [0.05, 0.1) is 19.2 Å². The van der Waals surface area contributed by atoms with Crippen molar-refractivity contribution in [1.29, 1.82) is 0 Å². The summed E-state index contributed by atoms with van der Waals surface area (Å²) in [5.74, 6) is -5.36. The number of carbonyl (C=O) groups is 5. The van der Waals surface area contributed by atoms with Crippen LogP contribution in [0.2, 0.25) is 0 Å². The second-order valence-corrected chi connectivity index (χ2v) is 9.95. The van der Waals surface area contributed by atoms with Gasteiger partial charge in [-0.25, -0.2) is 4.79 Å². The van der Waals surface area contributed by atoms with Crippen LogP contribution in [-0.4, -0.2) is 88.6 Å². The van der Waals surface area contributed by atoms with Gasteiger partial charge < -0.3 is 48.5 Å². The van der Waals surface area contributed by atoms with Crippen molar-refractivity contribution in [3.63, 3.8) is 0 Å². The molecular weight excluding hydrogens is 550 g/mol. The zero-order valence-corrected chi connectivity index (χ0v) is 23.9. The normalized spacial score (nSPS) is 14.4. The zero-order valence-electron chi connectivity index (χ0n) is 23.9. The van der Waals surface area contributed by atoms with Crippen LogP contribution in [0.3, 0.4) is 0 Å². The number of phenolic OH excluding ortho intramolecular Hbond substituents is 1. The Bertz CT molecular complexity index is 1090. The molecule has 234 valence electrons. The Morgan fingerprint density at radius 2 is 1.57 bits per heavy atom. The number of amides is 3. The lowest BCUT2D eigenvalue weighted by molar-refractivity contribution is -0.143. The van der Waals surface area contributed by atoms with Crippen LogP contribution in [0.1, 0.15) is 45.1 Å². The second kappa shape index (κ2) is 18.2. The molecule has 0 aliphatic rings. The highest BCUT2D eigenvalue weighted by molar-refractivity contribution is 5.95. The zero-order chi connectivity index (χ0) is 31.8. The highest BCUT2D eigenvalue weighted by Crippen LogP contribution is 2.22. The van der Waals surface area contributed by atoms with Gasteiger partial charge >= 0.3 is 5.97 Å². The van der Waals surface area contributed by atoms with E-state index in [0.29, 0.717) is 12.0 Å². The van der Waals surface area contributed by atoms with Gasteiger partial charge in [0, 0.05) is 18.9 Å². The Labute approximate surface area is 244 Å². The molecule has 15 nitrogen and oxygen atoms in total. The number of aliphatic imine (C=N–C) groups is 1. The van der Waals surface area contributed by atoms with Gasteiger partial charge in [0.25, 0.3) is 0 Å². The number of carboxylic acid groups (broad SMARTS) is 1. The summed E-state index contributed by atoms with van der Waals surface area (Å²) >= 11 is 0. The van der Waals surface area contributed by atoms with E-state index < -0.39 is 60.1 Å². The lowest BCUT2D eigenvalue weighted by Gasteiger charge is -2.27. The van der Waals surface area contributed by atoms with E-state index >= 15 is 0 Å². The number of hydrogen-bond donors (Lipinski definition) is 9. The monoisotopic (exact) mass is 593 g/mol. The Morgan fingerprint density at radius 3 is 2.10 bits per heavy atom. The maximum Gasteiger partial charge on any atom is 0.326 e. The number of aromatic hydroxyl groups is 1. The van der Waals surface area contributed by atoms with Crippen LogP contribution in [0.4, 0.5) is 0 Å². The number of aliphatic carboxylic acids is 1. The number of guanidine groups is 1. The minimum atomic E-state index is -1.48. The molecule has 0 aliphatic heterocycles. The van der Waals surface area contributed by atoms with Crippen LogP contribution in [0.25, 0.3) is 0 Å². The quantitative estimate of drug-likeness (QED) is 0.0485. The molecule has 0 spiro atoms. The summed E-state index contributed by atoms with van der Waals surface area (Å²) in [7, 11) is 0. The second-order valence-electron chi connectivity index (χ2n) is 9.95. The van der Waals surface area contributed by atoms with Crippen LogP contribution >= 0.6 is 0 Å². The van der Waals surface area contributed by atoms with Crippen molar-refractivity contribution in [2.75, 3.05) is 19.7 Å². The first kappa shape index (κ1) is 35.8. The third-order valence-electron chi connectivity index (χ3n) is 6.75. The highest BCUT2D eigenvalue weighted by atomic mass is 16.4. The Kier molecular flexibility index (Phi) is 15.5. The van der Waals surface area contributed by atoms with Crippen LogP contribution in [0, 0.1) is 11.8 Å². The maximum atomic E-state index is 13.4. The predicted octanol–water partition coefficient (Wildman–Crippen LogP) is -1.90. The third-order valence-corrected chi connectivity index (χ3v) is 6.75. The van der Waals surface area contributed by atoms with Crippen molar-refractivity contribution in [3.8, 4) is 5.75 Å². The molecular formula is C27H43N7O8. The van der Waals surface area contributed by atoms with Gasteiger partial charge in [-0.05, 0) is 42.9 Å². The summed E-state index contributed by atoms with van der Waals surface area (Å²) in [5.41, 5.74) is 16.6. The topological polar surface area (TPSA) is 273 Å². The first-order valence-corrected chi connectivity index (χ1v) is 13.6. The lowest BCUT2D eigenvalue weighted by Crippen LogP contribution is -2.55. The molecule has 1 aromatic carbocycles. The molecule has 12 N–H and O–H groups in total. The number of nitrogens with zero attached hydrogens (tertiary/aromatic N) is 1. The number of rotatable bonds is 19. The summed E-state index contributed by atoms with van der Waals surface area (Å²) in [5, 5.41) is 36.1. The van der Waals surface area contributed by atoms with E-state index in [4.69, 9.17) is 17.2 Å². The minimum Gasteiger partial charge on any atom is -0.508 e. The molecule has 15 heteroatoms. The molecule has 1 aromatic rings. The standard InChI is InChI=1S/C27H43N7O8/c1-3-15(2)18(12-22(37)20(32-23(38)13-28)11-16-6-8-17(36)9-7-16)24(39)34-21(14-35)25(40)33-19(26(41)42)5-4-10-31-27(29)30/h6-9,15,18-21,35-36H,3-5,10-14,28H2,1-2H3,(H,32,38)(H,33,40)(H,34,39)(H,41,42)(H4,29,30,31). The molecule has 0 aromatic heterocycles. The SMILES string of the molecule is CCC(C)C(CC(=O)C(Cc1ccc(O)cc1)NC(=O)CN)C(=O)NC(CO)C(=O)NC(CCCN=C(N)N)C(=O)O. The third kappa shape index (κ3) is 12.5. The van der Waals surface area contributed by atoms with E-state index in [0.717, 1.165) is 0 Å². The Morgan fingerprint density at radius 1 is 0.952 bits per heavy atom. The molecule has 5 unspecified atom stereocenters. The molecule has 0 saturated heterocycles. The number of aliphatic hydroxyl groups excluding tert-OH is 1.